The van der Waals surface area contributed by atoms with E-state index in [1.807, 2.05) is 0 Å². The summed E-state index contributed by atoms with van der Waals surface area (Å²) in [5, 5.41) is 6.54. The molecule has 2 rings (SSSR count). The van der Waals surface area contributed by atoms with Crippen LogP contribution in [0.1, 0.15) is 30.1 Å². The van der Waals surface area contributed by atoms with E-state index in [4.69, 9.17) is 16.3 Å². The van der Waals surface area contributed by atoms with E-state index in [-0.39, 0.29) is 17.4 Å². The van der Waals surface area contributed by atoms with E-state index in [0.29, 0.717) is 16.8 Å². The third kappa shape index (κ3) is 3.95. The average Bonchev–Trinajstić information content (AvgIpc) is 2.48. The van der Waals surface area contributed by atoms with Crippen molar-refractivity contribution < 1.29 is 14.3 Å². The first-order chi connectivity index (χ1) is 10.0. The van der Waals surface area contributed by atoms with Crippen LogP contribution in [0.5, 0.6) is 0 Å². The molecule has 21 heavy (non-hydrogen) atoms. The van der Waals surface area contributed by atoms with Gasteiger partial charge in [0.2, 0.25) is 5.91 Å². The van der Waals surface area contributed by atoms with Gasteiger partial charge in [0.05, 0.1) is 18.4 Å². The fourth-order valence-corrected chi connectivity index (χ4v) is 2.68. The Hall–Kier alpha value is -1.59. The van der Waals surface area contributed by atoms with E-state index in [0.717, 1.165) is 19.4 Å². The van der Waals surface area contributed by atoms with Crippen molar-refractivity contribution in [1.29, 1.82) is 0 Å². The molecule has 1 aromatic rings. The topological polar surface area (TPSA) is 67.4 Å². The van der Waals surface area contributed by atoms with Crippen LogP contribution >= 0.6 is 11.6 Å². The molecule has 1 aliphatic rings. The number of benzene rings is 1. The van der Waals surface area contributed by atoms with Crippen LogP contribution in [0, 0.1) is 5.92 Å². The molecule has 114 valence electrons. The molecule has 0 aromatic heterocycles. The van der Waals surface area contributed by atoms with Gasteiger partial charge in [-0.1, -0.05) is 11.6 Å². The monoisotopic (exact) mass is 310 g/mol. The van der Waals surface area contributed by atoms with E-state index in [9.17, 15) is 9.59 Å². The van der Waals surface area contributed by atoms with Crippen molar-refractivity contribution in [2.75, 3.05) is 19.0 Å². The largest absolute Gasteiger partial charge is 0.465 e. The SMILES string of the molecule is COC(=O)c1cc(Cl)ccc1NC(=O)C1CCNC(C)C1. The van der Waals surface area contributed by atoms with E-state index in [1.54, 1.807) is 12.1 Å². The summed E-state index contributed by atoms with van der Waals surface area (Å²) < 4.78 is 4.72. The van der Waals surface area contributed by atoms with Gasteiger partial charge < -0.3 is 15.4 Å². The van der Waals surface area contributed by atoms with E-state index >= 15 is 0 Å². The van der Waals surface area contributed by atoms with Gasteiger partial charge in [0.15, 0.2) is 0 Å². The average molecular weight is 311 g/mol. The third-order valence-electron chi connectivity index (χ3n) is 3.64. The Balaban J connectivity index is 2.15. The molecule has 2 unspecified atom stereocenters. The zero-order valence-corrected chi connectivity index (χ0v) is 12.9. The summed E-state index contributed by atoms with van der Waals surface area (Å²) in [4.78, 5) is 24.1. The molecular formula is C15H19ClN2O3. The molecule has 0 saturated carbocycles. The second kappa shape index (κ2) is 6.91. The van der Waals surface area contributed by atoms with Gasteiger partial charge in [-0.3, -0.25) is 4.79 Å². The number of amides is 1. The second-order valence-corrected chi connectivity index (χ2v) is 5.68. The summed E-state index contributed by atoms with van der Waals surface area (Å²) in [6.45, 7) is 2.88. The molecule has 1 fully saturated rings. The molecule has 1 heterocycles. The Labute approximate surface area is 129 Å². The molecule has 2 atom stereocenters. The zero-order chi connectivity index (χ0) is 15.4. The summed E-state index contributed by atoms with van der Waals surface area (Å²) in [6, 6.07) is 5.07. The quantitative estimate of drug-likeness (QED) is 0.842. The Morgan fingerprint density at radius 2 is 2.19 bits per heavy atom. The lowest BCUT2D eigenvalue weighted by atomic mass is 9.92. The molecule has 2 N–H and O–H groups in total. The number of rotatable bonds is 3. The van der Waals surface area contributed by atoms with Gasteiger partial charge in [-0.25, -0.2) is 4.79 Å². The summed E-state index contributed by atoms with van der Waals surface area (Å²) in [5.74, 6) is -0.648. The molecule has 5 nitrogen and oxygen atoms in total. The van der Waals surface area contributed by atoms with Crippen molar-refractivity contribution in [1.82, 2.24) is 5.32 Å². The number of esters is 1. The molecule has 0 spiro atoms. The number of halogens is 1. The molecular weight excluding hydrogens is 292 g/mol. The molecule has 1 aromatic carbocycles. The van der Waals surface area contributed by atoms with Gasteiger partial charge in [0.25, 0.3) is 0 Å². The Kier molecular flexibility index (Phi) is 5.20. The van der Waals surface area contributed by atoms with Crippen LogP contribution < -0.4 is 10.6 Å². The Morgan fingerprint density at radius 3 is 2.86 bits per heavy atom. The number of anilines is 1. The van der Waals surface area contributed by atoms with Crippen LogP contribution in [0.3, 0.4) is 0 Å². The van der Waals surface area contributed by atoms with Gasteiger partial charge in [-0.05, 0) is 44.5 Å². The first-order valence-electron chi connectivity index (χ1n) is 6.93. The molecule has 1 aliphatic heterocycles. The normalized spacial score (nSPS) is 21.7. The smallest absolute Gasteiger partial charge is 0.340 e. The van der Waals surface area contributed by atoms with Crippen LogP contribution in [0.25, 0.3) is 0 Å². The highest BCUT2D eigenvalue weighted by Gasteiger charge is 2.25. The highest BCUT2D eigenvalue weighted by atomic mass is 35.5. The van der Waals surface area contributed by atoms with Gasteiger partial charge in [0, 0.05) is 17.0 Å². The van der Waals surface area contributed by atoms with Crippen molar-refractivity contribution in [3.63, 3.8) is 0 Å². The number of carbonyl (C=O) groups excluding carboxylic acids is 2. The molecule has 6 heteroatoms. The predicted molar refractivity (Wildman–Crippen MR) is 81.6 cm³/mol. The number of hydrogen-bond donors (Lipinski definition) is 2. The lowest BCUT2D eigenvalue weighted by Gasteiger charge is -2.27. The van der Waals surface area contributed by atoms with Crippen LogP contribution in [0.4, 0.5) is 5.69 Å². The number of carbonyl (C=O) groups is 2. The number of nitrogens with one attached hydrogen (secondary N) is 2. The van der Waals surface area contributed by atoms with Gasteiger partial charge in [-0.15, -0.1) is 0 Å². The predicted octanol–water partition coefficient (Wildman–Crippen LogP) is 2.45. The van der Waals surface area contributed by atoms with Gasteiger partial charge in [-0.2, -0.15) is 0 Å². The van der Waals surface area contributed by atoms with Crippen molar-refractivity contribution >= 4 is 29.2 Å². The number of hydrogen-bond acceptors (Lipinski definition) is 4. The zero-order valence-electron chi connectivity index (χ0n) is 12.1. The first-order valence-corrected chi connectivity index (χ1v) is 7.31. The Morgan fingerprint density at radius 1 is 1.43 bits per heavy atom. The number of ether oxygens (including phenoxy) is 1. The van der Waals surface area contributed by atoms with Crippen LogP contribution in [-0.2, 0) is 9.53 Å². The van der Waals surface area contributed by atoms with E-state index in [1.165, 1.54) is 13.2 Å². The summed E-state index contributed by atoms with van der Waals surface area (Å²) in [6.07, 6.45) is 1.57. The van der Waals surface area contributed by atoms with Gasteiger partial charge >= 0.3 is 5.97 Å². The van der Waals surface area contributed by atoms with Crippen molar-refractivity contribution in [2.45, 2.75) is 25.8 Å². The summed E-state index contributed by atoms with van der Waals surface area (Å²) >= 11 is 5.89. The van der Waals surface area contributed by atoms with E-state index < -0.39 is 5.97 Å². The van der Waals surface area contributed by atoms with Crippen molar-refractivity contribution in [3.05, 3.63) is 28.8 Å². The van der Waals surface area contributed by atoms with Crippen LogP contribution in [0.15, 0.2) is 18.2 Å². The standard InChI is InChI=1S/C15H19ClN2O3/c1-9-7-10(5-6-17-9)14(19)18-13-4-3-11(16)8-12(13)15(20)21-2/h3-4,8-10,17H,5-7H2,1-2H3,(H,18,19). The lowest BCUT2D eigenvalue weighted by molar-refractivity contribution is -0.120. The number of piperidine rings is 1. The minimum atomic E-state index is -0.522. The number of methoxy groups -OCH3 is 1. The lowest BCUT2D eigenvalue weighted by Crippen LogP contribution is -2.40. The highest BCUT2D eigenvalue weighted by Crippen LogP contribution is 2.24. The molecule has 0 radical (unpaired) electrons. The molecule has 0 bridgehead atoms. The minimum Gasteiger partial charge on any atom is -0.465 e. The maximum absolute atomic E-state index is 12.3. The minimum absolute atomic E-state index is 0.0533. The van der Waals surface area contributed by atoms with Crippen LogP contribution in [0.2, 0.25) is 5.02 Å². The molecule has 0 aliphatic carbocycles. The van der Waals surface area contributed by atoms with Crippen molar-refractivity contribution in [2.24, 2.45) is 5.92 Å². The fourth-order valence-electron chi connectivity index (χ4n) is 2.51. The molecule has 1 amide bonds. The fraction of sp³-hybridized carbons (Fsp3) is 0.467. The highest BCUT2D eigenvalue weighted by molar-refractivity contribution is 6.31. The second-order valence-electron chi connectivity index (χ2n) is 5.25. The van der Waals surface area contributed by atoms with Crippen molar-refractivity contribution in [3.8, 4) is 0 Å². The maximum atomic E-state index is 12.3. The Bertz CT molecular complexity index is 548. The first kappa shape index (κ1) is 15.8. The maximum Gasteiger partial charge on any atom is 0.340 e. The van der Waals surface area contributed by atoms with Gasteiger partial charge in [0.1, 0.15) is 0 Å². The summed E-state index contributed by atoms with van der Waals surface area (Å²) in [5.41, 5.74) is 0.697. The summed E-state index contributed by atoms with van der Waals surface area (Å²) in [7, 11) is 1.29. The van der Waals surface area contributed by atoms with E-state index in [2.05, 4.69) is 17.6 Å². The third-order valence-corrected chi connectivity index (χ3v) is 3.87. The molecule has 1 saturated heterocycles. The van der Waals surface area contributed by atoms with Crippen LogP contribution in [-0.4, -0.2) is 31.6 Å².